The zero-order valence-corrected chi connectivity index (χ0v) is 11.0. The number of aromatic nitrogens is 1. The topological polar surface area (TPSA) is 55.1 Å². The van der Waals surface area contributed by atoms with Gasteiger partial charge in [-0.25, -0.2) is 0 Å². The molecule has 1 amide bonds. The number of carbonyl (C=O) groups is 1. The Bertz CT molecular complexity index is 563. The van der Waals surface area contributed by atoms with Crippen molar-refractivity contribution in [1.29, 1.82) is 0 Å². The van der Waals surface area contributed by atoms with E-state index in [2.05, 4.69) is 26.2 Å². The molecule has 2 rings (SSSR count). The minimum atomic E-state index is -0.251. The highest BCUT2D eigenvalue weighted by Gasteiger charge is 2.12. The van der Waals surface area contributed by atoms with Gasteiger partial charge in [0.2, 0.25) is 0 Å². The van der Waals surface area contributed by atoms with Crippen LogP contribution in [0.4, 0.5) is 6.01 Å². The van der Waals surface area contributed by atoms with Crippen LogP contribution in [0, 0.1) is 13.8 Å². The van der Waals surface area contributed by atoms with Gasteiger partial charge in [0, 0.05) is 4.47 Å². The summed E-state index contributed by atoms with van der Waals surface area (Å²) in [6, 6.07) is 5.72. The Labute approximate surface area is 107 Å². The molecule has 0 fully saturated rings. The number of rotatable bonds is 2. The van der Waals surface area contributed by atoms with Gasteiger partial charge in [-0.2, -0.15) is 4.98 Å². The summed E-state index contributed by atoms with van der Waals surface area (Å²) in [6.45, 7) is 3.75. The fourth-order valence-electron chi connectivity index (χ4n) is 1.38. The summed E-state index contributed by atoms with van der Waals surface area (Å²) >= 11 is 3.35. The van der Waals surface area contributed by atoms with Crippen molar-refractivity contribution < 1.29 is 9.21 Å². The maximum atomic E-state index is 11.9. The number of nitrogens with zero attached hydrogens (tertiary/aromatic N) is 1. The summed E-state index contributed by atoms with van der Waals surface area (Å²) in [5.41, 5.74) is 2.36. The molecule has 17 heavy (non-hydrogen) atoms. The molecule has 0 aliphatic carbocycles. The maximum Gasteiger partial charge on any atom is 0.301 e. The Balaban J connectivity index is 2.20. The van der Waals surface area contributed by atoms with Crippen LogP contribution in [0.1, 0.15) is 21.6 Å². The van der Waals surface area contributed by atoms with Gasteiger partial charge in [-0.3, -0.25) is 10.1 Å². The van der Waals surface area contributed by atoms with E-state index in [0.29, 0.717) is 5.56 Å². The lowest BCUT2D eigenvalue weighted by molar-refractivity contribution is 0.102. The predicted molar refractivity (Wildman–Crippen MR) is 68.1 cm³/mol. The molecule has 1 N–H and O–H groups in total. The van der Waals surface area contributed by atoms with E-state index in [-0.39, 0.29) is 11.9 Å². The minimum absolute atomic E-state index is 0.208. The SMILES string of the molecule is Cc1ccc(C(=O)Nc2nc(C)co2)c(Br)c1. The predicted octanol–water partition coefficient (Wildman–Crippen LogP) is 3.31. The van der Waals surface area contributed by atoms with Gasteiger partial charge in [0.1, 0.15) is 6.26 Å². The van der Waals surface area contributed by atoms with Crippen molar-refractivity contribution in [2.45, 2.75) is 13.8 Å². The van der Waals surface area contributed by atoms with Gasteiger partial charge in [-0.15, -0.1) is 0 Å². The van der Waals surface area contributed by atoms with E-state index in [1.807, 2.05) is 19.1 Å². The van der Waals surface area contributed by atoms with Crippen molar-refractivity contribution in [2.75, 3.05) is 5.32 Å². The van der Waals surface area contributed by atoms with E-state index in [9.17, 15) is 4.79 Å². The van der Waals surface area contributed by atoms with Gasteiger partial charge in [0.15, 0.2) is 0 Å². The summed E-state index contributed by atoms with van der Waals surface area (Å²) < 4.78 is 5.81. The van der Waals surface area contributed by atoms with Crippen molar-refractivity contribution in [3.05, 3.63) is 45.8 Å². The van der Waals surface area contributed by atoms with Crippen LogP contribution in [-0.2, 0) is 0 Å². The van der Waals surface area contributed by atoms with Crippen LogP contribution in [-0.4, -0.2) is 10.9 Å². The second-order valence-electron chi connectivity index (χ2n) is 3.73. The molecule has 0 bridgehead atoms. The van der Waals surface area contributed by atoms with E-state index in [1.54, 1.807) is 13.0 Å². The fourth-order valence-corrected chi connectivity index (χ4v) is 2.05. The number of carbonyl (C=O) groups excluding carboxylic acids is 1. The highest BCUT2D eigenvalue weighted by Crippen LogP contribution is 2.19. The Morgan fingerprint density at radius 3 is 2.76 bits per heavy atom. The van der Waals surface area contributed by atoms with Crippen LogP contribution in [0.5, 0.6) is 0 Å². The summed E-state index contributed by atoms with van der Waals surface area (Å²) in [5.74, 6) is -0.251. The quantitative estimate of drug-likeness (QED) is 0.924. The third-order valence-corrected chi connectivity index (χ3v) is 2.86. The first kappa shape index (κ1) is 11.9. The molecule has 1 aromatic heterocycles. The fraction of sp³-hybridized carbons (Fsp3) is 0.167. The summed E-state index contributed by atoms with van der Waals surface area (Å²) in [4.78, 5) is 15.9. The molecule has 4 nitrogen and oxygen atoms in total. The van der Waals surface area contributed by atoms with Gasteiger partial charge in [-0.1, -0.05) is 6.07 Å². The summed E-state index contributed by atoms with van der Waals surface area (Å²) in [5, 5.41) is 2.59. The highest BCUT2D eigenvalue weighted by molar-refractivity contribution is 9.10. The number of aryl methyl sites for hydroxylation is 2. The molecule has 0 saturated heterocycles. The molecule has 2 aromatic rings. The minimum Gasteiger partial charge on any atom is -0.432 e. The standard InChI is InChI=1S/C12H11BrN2O2/c1-7-3-4-9(10(13)5-7)11(16)15-12-14-8(2)6-17-12/h3-6H,1-2H3,(H,14,15,16). The molecule has 88 valence electrons. The van der Waals surface area contributed by atoms with Crippen LogP contribution in [0.2, 0.25) is 0 Å². The molecule has 0 saturated carbocycles. The first-order chi connectivity index (χ1) is 8.06. The lowest BCUT2D eigenvalue weighted by atomic mass is 10.1. The average molecular weight is 295 g/mol. The van der Waals surface area contributed by atoms with Crippen LogP contribution in [0.3, 0.4) is 0 Å². The van der Waals surface area contributed by atoms with Crippen molar-refractivity contribution in [3.8, 4) is 0 Å². The second kappa shape index (κ2) is 4.71. The number of halogens is 1. The number of hydrogen-bond acceptors (Lipinski definition) is 3. The van der Waals surface area contributed by atoms with E-state index in [4.69, 9.17) is 4.42 Å². The Morgan fingerprint density at radius 1 is 1.41 bits per heavy atom. The van der Waals surface area contributed by atoms with E-state index in [1.165, 1.54) is 6.26 Å². The third kappa shape index (κ3) is 2.74. The molecular weight excluding hydrogens is 284 g/mol. The number of benzene rings is 1. The molecular formula is C12H11BrN2O2. The number of amides is 1. The van der Waals surface area contributed by atoms with E-state index < -0.39 is 0 Å². The van der Waals surface area contributed by atoms with Gasteiger partial charge >= 0.3 is 6.01 Å². The van der Waals surface area contributed by atoms with Crippen molar-refractivity contribution in [3.63, 3.8) is 0 Å². The van der Waals surface area contributed by atoms with Crippen molar-refractivity contribution >= 4 is 27.9 Å². The smallest absolute Gasteiger partial charge is 0.301 e. The first-order valence-electron chi connectivity index (χ1n) is 5.06. The average Bonchev–Trinajstić information content (AvgIpc) is 2.63. The molecule has 1 aromatic carbocycles. The maximum absolute atomic E-state index is 11.9. The normalized spacial score (nSPS) is 10.3. The van der Waals surface area contributed by atoms with Crippen LogP contribution in [0.25, 0.3) is 0 Å². The molecule has 0 aliphatic rings. The lowest BCUT2D eigenvalue weighted by Crippen LogP contribution is -2.12. The number of anilines is 1. The number of nitrogens with one attached hydrogen (secondary N) is 1. The van der Waals surface area contributed by atoms with Gasteiger partial charge in [0.05, 0.1) is 11.3 Å². The first-order valence-corrected chi connectivity index (χ1v) is 5.85. The molecule has 0 radical (unpaired) electrons. The van der Waals surface area contributed by atoms with E-state index >= 15 is 0 Å². The second-order valence-corrected chi connectivity index (χ2v) is 4.59. The zero-order chi connectivity index (χ0) is 12.4. The molecule has 0 unspecified atom stereocenters. The van der Waals surface area contributed by atoms with Gasteiger partial charge in [0.25, 0.3) is 5.91 Å². The van der Waals surface area contributed by atoms with Gasteiger partial charge in [-0.05, 0) is 47.5 Å². The Kier molecular flexibility index (Phi) is 3.28. The number of oxazole rings is 1. The summed E-state index contributed by atoms with van der Waals surface area (Å²) in [6.07, 6.45) is 1.49. The molecule has 0 aliphatic heterocycles. The molecule has 0 spiro atoms. The Morgan fingerprint density at radius 2 is 2.18 bits per heavy atom. The number of hydrogen-bond donors (Lipinski definition) is 1. The third-order valence-electron chi connectivity index (χ3n) is 2.21. The monoisotopic (exact) mass is 294 g/mol. The molecule has 5 heteroatoms. The lowest BCUT2D eigenvalue weighted by Gasteiger charge is -2.04. The van der Waals surface area contributed by atoms with Crippen molar-refractivity contribution in [1.82, 2.24) is 4.98 Å². The van der Waals surface area contributed by atoms with Crippen molar-refractivity contribution in [2.24, 2.45) is 0 Å². The summed E-state index contributed by atoms with van der Waals surface area (Å²) in [7, 11) is 0. The van der Waals surface area contributed by atoms with E-state index in [0.717, 1.165) is 15.7 Å². The largest absolute Gasteiger partial charge is 0.432 e. The van der Waals surface area contributed by atoms with Crippen LogP contribution in [0.15, 0.2) is 33.4 Å². The van der Waals surface area contributed by atoms with Gasteiger partial charge < -0.3 is 4.42 Å². The van der Waals surface area contributed by atoms with Crippen LogP contribution < -0.4 is 5.32 Å². The highest BCUT2D eigenvalue weighted by atomic mass is 79.9. The molecule has 1 heterocycles. The van der Waals surface area contributed by atoms with Crippen LogP contribution >= 0.6 is 15.9 Å². The Hall–Kier alpha value is -1.62. The zero-order valence-electron chi connectivity index (χ0n) is 9.45. The molecule has 0 atom stereocenters.